The first-order chi connectivity index (χ1) is 6.06. The monoisotopic (exact) mass is 302 g/mol. The molecule has 6 heteroatoms. The van der Waals surface area contributed by atoms with Gasteiger partial charge < -0.3 is 5.73 Å². The van der Waals surface area contributed by atoms with E-state index >= 15 is 0 Å². The maximum absolute atomic E-state index is 12.6. The van der Waals surface area contributed by atoms with E-state index in [2.05, 4.69) is 4.98 Å². The fraction of sp³-hybridized carbons (Fsp3) is 0.286. The van der Waals surface area contributed by atoms with E-state index in [0.29, 0.717) is 0 Å². The normalized spacial score (nSPS) is 10.9. The van der Waals surface area contributed by atoms with Gasteiger partial charge in [-0.25, -0.2) is 13.8 Å². The highest BCUT2D eigenvalue weighted by Crippen LogP contribution is 2.25. The first kappa shape index (κ1) is 10.7. The highest BCUT2D eigenvalue weighted by Gasteiger charge is 2.16. The largest absolute Gasteiger partial charge is 0.326 e. The Hall–Kier alpha value is -0.370. The number of aromatic nitrogens is 1. The average Bonchev–Trinajstić information content (AvgIpc) is 2.02. The van der Waals surface area contributed by atoms with Crippen LogP contribution in [-0.2, 0) is 6.54 Å². The summed E-state index contributed by atoms with van der Waals surface area (Å²) in [6.45, 7) is -0.0643. The van der Waals surface area contributed by atoms with Gasteiger partial charge in [0, 0.05) is 23.7 Å². The molecule has 2 N–H and O–H groups in total. The van der Waals surface area contributed by atoms with Crippen LogP contribution in [0.15, 0.2) is 6.07 Å². The van der Waals surface area contributed by atoms with Gasteiger partial charge in [0.15, 0.2) is 0 Å². The molecule has 0 atom stereocenters. The second-order valence-electron chi connectivity index (χ2n) is 2.31. The van der Waals surface area contributed by atoms with Crippen molar-refractivity contribution < 1.29 is 13.2 Å². The second-order valence-corrected chi connectivity index (χ2v) is 3.33. The van der Waals surface area contributed by atoms with E-state index in [-0.39, 0.29) is 21.4 Å². The SMILES string of the molecule is NCc1c(C(F)F)cc(F)nc1I. The molecule has 72 valence electrons. The zero-order valence-corrected chi connectivity index (χ0v) is 8.56. The summed E-state index contributed by atoms with van der Waals surface area (Å²) in [5.41, 5.74) is 5.07. The van der Waals surface area contributed by atoms with Crippen molar-refractivity contribution in [3.63, 3.8) is 0 Å². The summed E-state index contributed by atoms with van der Waals surface area (Å²) < 4.78 is 37.4. The predicted octanol–water partition coefficient (Wildman–Crippen LogP) is 2.22. The van der Waals surface area contributed by atoms with Crippen LogP contribution in [0.4, 0.5) is 13.2 Å². The predicted molar refractivity (Wildman–Crippen MR) is 49.8 cm³/mol. The molecule has 0 bridgehead atoms. The fourth-order valence-corrected chi connectivity index (χ4v) is 1.69. The first-order valence-electron chi connectivity index (χ1n) is 3.39. The molecule has 1 aromatic heterocycles. The maximum atomic E-state index is 12.6. The van der Waals surface area contributed by atoms with Crippen LogP contribution in [0.1, 0.15) is 17.6 Å². The number of hydrogen-bond acceptors (Lipinski definition) is 2. The standard InChI is InChI=1S/C7H6F3IN2/c8-5-1-3(6(9)10)4(2-12)7(11)13-5/h1,6H,2,12H2. The van der Waals surface area contributed by atoms with Crippen molar-refractivity contribution in [3.05, 3.63) is 26.8 Å². The minimum Gasteiger partial charge on any atom is -0.326 e. The van der Waals surface area contributed by atoms with Crippen LogP contribution in [0.5, 0.6) is 0 Å². The highest BCUT2D eigenvalue weighted by atomic mass is 127. The topological polar surface area (TPSA) is 38.9 Å². The van der Waals surface area contributed by atoms with Crippen LogP contribution in [0, 0.1) is 9.65 Å². The van der Waals surface area contributed by atoms with E-state index in [9.17, 15) is 13.2 Å². The van der Waals surface area contributed by atoms with Crippen LogP contribution in [0.3, 0.4) is 0 Å². The summed E-state index contributed by atoms with van der Waals surface area (Å²) in [4.78, 5) is 3.39. The van der Waals surface area contributed by atoms with Gasteiger partial charge in [-0.3, -0.25) is 0 Å². The minimum absolute atomic E-state index is 0.0643. The molecule has 2 nitrogen and oxygen atoms in total. The van der Waals surface area contributed by atoms with E-state index in [1.807, 2.05) is 0 Å². The van der Waals surface area contributed by atoms with Crippen molar-refractivity contribution in [2.75, 3.05) is 0 Å². The maximum Gasteiger partial charge on any atom is 0.264 e. The third-order valence-corrected chi connectivity index (χ3v) is 2.41. The van der Waals surface area contributed by atoms with E-state index in [1.54, 1.807) is 22.6 Å². The van der Waals surface area contributed by atoms with Crippen LogP contribution in [0.25, 0.3) is 0 Å². The molecular formula is C7H6F3IN2. The van der Waals surface area contributed by atoms with Gasteiger partial charge in [-0.1, -0.05) is 0 Å². The van der Waals surface area contributed by atoms with Gasteiger partial charge in [0.05, 0.1) is 0 Å². The molecule has 1 heterocycles. The van der Waals surface area contributed by atoms with Crippen LogP contribution in [-0.4, -0.2) is 4.98 Å². The van der Waals surface area contributed by atoms with Crippen LogP contribution < -0.4 is 5.73 Å². The number of rotatable bonds is 2. The van der Waals surface area contributed by atoms with Gasteiger partial charge in [0.1, 0.15) is 3.70 Å². The Morgan fingerprint density at radius 1 is 1.54 bits per heavy atom. The lowest BCUT2D eigenvalue weighted by atomic mass is 10.1. The third-order valence-electron chi connectivity index (χ3n) is 1.52. The summed E-state index contributed by atoms with van der Waals surface area (Å²) >= 11 is 1.68. The lowest BCUT2D eigenvalue weighted by molar-refractivity contribution is 0.149. The summed E-state index contributed by atoms with van der Waals surface area (Å²) in [6.07, 6.45) is -2.72. The molecule has 0 saturated heterocycles. The summed E-state index contributed by atoms with van der Waals surface area (Å²) in [7, 11) is 0. The Morgan fingerprint density at radius 3 is 2.62 bits per heavy atom. The molecule has 13 heavy (non-hydrogen) atoms. The van der Waals surface area contributed by atoms with Gasteiger partial charge in [-0.05, 0) is 22.6 Å². The minimum atomic E-state index is -2.72. The number of pyridine rings is 1. The quantitative estimate of drug-likeness (QED) is 0.672. The number of hydrogen-bond donors (Lipinski definition) is 1. The Kier molecular flexibility index (Phi) is 3.48. The number of halogens is 4. The van der Waals surface area contributed by atoms with Crippen molar-refractivity contribution in [3.8, 4) is 0 Å². The van der Waals surface area contributed by atoms with E-state index in [4.69, 9.17) is 5.73 Å². The molecule has 1 aromatic rings. The second kappa shape index (κ2) is 4.23. The Labute approximate surface area is 86.5 Å². The Morgan fingerprint density at radius 2 is 2.15 bits per heavy atom. The molecule has 0 radical (unpaired) electrons. The Balaban J connectivity index is 3.29. The molecule has 0 aliphatic carbocycles. The van der Waals surface area contributed by atoms with Crippen molar-refractivity contribution >= 4 is 22.6 Å². The zero-order valence-electron chi connectivity index (χ0n) is 6.40. The van der Waals surface area contributed by atoms with Crippen LogP contribution in [0.2, 0.25) is 0 Å². The van der Waals surface area contributed by atoms with E-state index in [1.165, 1.54) is 0 Å². The smallest absolute Gasteiger partial charge is 0.264 e. The fourth-order valence-electron chi connectivity index (χ4n) is 0.925. The van der Waals surface area contributed by atoms with Crippen molar-refractivity contribution in [1.29, 1.82) is 0 Å². The number of nitrogens with two attached hydrogens (primary N) is 1. The van der Waals surface area contributed by atoms with Crippen LogP contribution >= 0.6 is 22.6 Å². The average molecular weight is 302 g/mol. The highest BCUT2D eigenvalue weighted by molar-refractivity contribution is 14.1. The molecule has 0 spiro atoms. The van der Waals surface area contributed by atoms with E-state index in [0.717, 1.165) is 6.07 Å². The van der Waals surface area contributed by atoms with Gasteiger partial charge >= 0.3 is 0 Å². The molecule has 0 aliphatic rings. The molecule has 0 unspecified atom stereocenters. The summed E-state index contributed by atoms with van der Waals surface area (Å²) in [5.74, 6) is -0.906. The molecule has 0 saturated carbocycles. The van der Waals surface area contributed by atoms with Gasteiger partial charge in [0.25, 0.3) is 6.43 Å². The Bertz CT molecular complexity index is 317. The molecule has 0 fully saturated rings. The van der Waals surface area contributed by atoms with Crippen molar-refractivity contribution in [1.82, 2.24) is 4.98 Å². The molecular weight excluding hydrogens is 296 g/mol. The lowest BCUT2D eigenvalue weighted by Gasteiger charge is -2.07. The summed E-state index contributed by atoms with van der Waals surface area (Å²) in [6, 6.07) is 0.717. The first-order valence-corrected chi connectivity index (χ1v) is 4.47. The molecule has 0 aromatic carbocycles. The zero-order chi connectivity index (χ0) is 10.0. The molecule has 0 aliphatic heterocycles. The van der Waals surface area contributed by atoms with Gasteiger partial charge in [0.2, 0.25) is 5.95 Å². The summed E-state index contributed by atoms with van der Waals surface area (Å²) in [5, 5.41) is 0. The number of nitrogens with zero attached hydrogens (tertiary/aromatic N) is 1. The number of alkyl halides is 2. The van der Waals surface area contributed by atoms with Crippen molar-refractivity contribution in [2.45, 2.75) is 13.0 Å². The van der Waals surface area contributed by atoms with Gasteiger partial charge in [-0.15, -0.1) is 0 Å². The van der Waals surface area contributed by atoms with Crippen molar-refractivity contribution in [2.24, 2.45) is 5.73 Å². The molecule has 1 rings (SSSR count). The third kappa shape index (κ3) is 2.31. The van der Waals surface area contributed by atoms with E-state index < -0.39 is 12.4 Å². The van der Waals surface area contributed by atoms with Gasteiger partial charge in [-0.2, -0.15) is 4.39 Å². The lowest BCUT2D eigenvalue weighted by Crippen LogP contribution is -2.07. The molecule has 0 amide bonds.